The van der Waals surface area contributed by atoms with Crippen LogP contribution in [0.2, 0.25) is 0 Å². The topological polar surface area (TPSA) is 66.0 Å². The molecule has 27 heavy (non-hydrogen) atoms. The minimum absolute atomic E-state index is 0.100. The summed E-state index contributed by atoms with van der Waals surface area (Å²) in [7, 11) is 0. The van der Waals surface area contributed by atoms with Gasteiger partial charge in [-0.3, -0.25) is 4.79 Å². The Morgan fingerprint density at radius 3 is 3.04 bits per heavy atom. The van der Waals surface area contributed by atoms with Crippen molar-refractivity contribution in [2.75, 3.05) is 18.4 Å². The minimum atomic E-state index is 0.100. The monoisotopic (exact) mass is 398 g/mol. The van der Waals surface area contributed by atoms with E-state index in [-0.39, 0.29) is 5.91 Å². The number of rotatable bonds is 4. The number of thiophene rings is 1. The van der Waals surface area contributed by atoms with E-state index < -0.39 is 0 Å². The largest absolute Gasteiger partial charge is 0.317 e. The van der Waals surface area contributed by atoms with Gasteiger partial charge in [-0.25, -0.2) is 4.98 Å². The van der Waals surface area contributed by atoms with Crippen LogP contribution in [-0.2, 0) is 17.8 Å². The lowest BCUT2D eigenvalue weighted by Gasteiger charge is -2.13. The number of para-hydroxylation sites is 1. The second-order valence-electron chi connectivity index (χ2n) is 7.17. The van der Waals surface area contributed by atoms with Gasteiger partial charge in [-0.1, -0.05) is 12.1 Å². The van der Waals surface area contributed by atoms with Crippen molar-refractivity contribution in [3.8, 4) is 10.6 Å². The Morgan fingerprint density at radius 2 is 2.19 bits per heavy atom. The highest BCUT2D eigenvalue weighted by molar-refractivity contribution is 7.22. The number of aromatic nitrogens is 1. The summed E-state index contributed by atoms with van der Waals surface area (Å²) < 4.78 is 1.19. The molecule has 4 heterocycles. The summed E-state index contributed by atoms with van der Waals surface area (Å²) in [5.41, 5.74) is 3.52. The van der Waals surface area contributed by atoms with Gasteiger partial charge in [0.25, 0.3) is 0 Å². The quantitative estimate of drug-likeness (QED) is 0.626. The maximum absolute atomic E-state index is 12.7. The van der Waals surface area contributed by atoms with Crippen LogP contribution in [0.5, 0.6) is 0 Å². The van der Waals surface area contributed by atoms with Crippen molar-refractivity contribution in [1.29, 1.82) is 0 Å². The van der Waals surface area contributed by atoms with Crippen molar-refractivity contribution in [1.82, 2.24) is 15.6 Å². The number of thiazole rings is 1. The fraction of sp³-hybridized carbons (Fsp3) is 0.400. The maximum Gasteiger partial charge on any atom is 0.226 e. The number of hydrogen-bond donors (Lipinski definition) is 3. The van der Waals surface area contributed by atoms with Crippen LogP contribution in [0, 0.1) is 0 Å². The molecule has 140 valence electrons. The van der Waals surface area contributed by atoms with E-state index in [9.17, 15) is 4.79 Å². The van der Waals surface area contributed by atoms with Gasteiger partial charge < -0.3 is 16.0 Å². The molecule has 1 saturated heterocycles. The van der Waals surface area contributed by atoms with E-state index in [2.05, 4.69) is 34.1 Å². The van der Waals surface area contributed by atoms with Gasteiger partial charge in [-0.2, -0.15) is 0 Å². The molecule has 7 heteroatoms. The van der Waals surface area contributed by atoms with Crippen LogP contribution in [0.4, 0.5) is 5.00 Å². The standard InChI is InChI=1S/C20H22N4OS2/c25-17(10-12-4-3-8-22-12)24-20-18(13-7-9-21-11-16(13)27-20)19-23-14-5-1-2-6-15(14)26-19/h1-2,5-6,12,21-22H,3-4,7-11H2,(H,24,25)/t12-/m1/s1. The van der Waals surface area contributed by atoms with Crippen molar-refractivity contribution < 1.29 is 4.79 Å². The molecule has 2 aliphatic heterocycles. The molecule has 3 aromatic rings. The molecule has 0 saturated carbocycles. The molecule has 0 aliphatic carbocycles. The fourth-order valence-corrected chi connectivity index (χ4v) is 6.30. The van der Waals surface area contributed by atoms with E-state index in [1.165, 1.54) is 15.1 Å². The average Bonchev–Trinajstić information content (AvgIpc) is 3.38. The molecule has 2 aliphatic rings. The second kappa shape index (κ2) is 7.31. The number of hydrogen-bond acceptors (Lipinski definition) is 6. The Morgan fingerprint density at radius 1 is 1.26 bits per heavy atom. The smallest absolute Gasteiger partial charge is 0.226 e. The normalized spacial score (nSPS) is 19.3. The van der Waals surface area contributed by atoms with Gasteiger partial charge in [0.15, 0.2) is 0 Å². The third kappa shape index (κ3) is 3.40. The fourth-order valence-electron chi connectivity index (χ4n) is 3.96. The lowest BCUT2D eigenvalue weighted by atomic mass is 10.0. The highest BCUT2D eigenvalue weighted by atomic mass is 32.1. The first-order chi connectivity index (χ1) is 13.3. The number of anilines is 1. The molecule has 5 nitrogen and oxygen atoms in total. The molecule has 0 bridgehead atoms. The summed E-state index contributed by atoms with van der Waals surface area (Å²) >= 11 is 3.42. The van der Waals surface area contributed by atoms with Crippen LogP contribution in [0.3, 0.4) is 0 Å². The number of nitrogens with one attached hydrogen (secondary N) is 3. The predicted molar refractivity (Wildman–Crippen MR) is 113 cm³/mol. The Kier molecular flexibility index (Phi) is 4.69. The number of carbonyl (C=O) groups is 1. The molecular weight excluding hydrogens is 376 g/mol. The van der Waals surface area contributed by atoms with Crippen LogP contribution in [0.15, 0.2) is 24.3 Å². The van der Waals surface area contributed by atoms with Gasteiger partial charge in [-0.05, 0) is 50.0 Å². The minimum Gasteiger partial charge on any atom is -0.317 e. The van der Waals surface area contributed by atoms with Crippen LogP contribution in [0.1, 0.15) is 29.7 Å². The molecule has 1 aromatic carbocycles. The molecular formula is C20H22N4OS2. The van der Waals surface area contributed by atoms with E-state index in [1.54, 1.807) is 22.7 Å². The predicted octanol–water partition coefficient (Wildman–Crippen LogP) is 3.75. The molecule has 1 amide bonds. The lowest BCUT2D eigenvalue weighted by molar-refractivity contribution is -0.116. The summed E-state index contributed by atoms with van der Waals surface area (Å²) in [6.45, 7) is 2.87. The van der Waals surface area contributed by atoms with Gasteiger partial charge in [-0.15, -0.1) is 22.7 Å². The number of carbonyl (C=O) groups excluding carboxylic acids is 1. The van der Waals surface area contributed by atoms with Gasteiger partial charge >= 0.3 is 0 Å². The van der Waals surface area contributed by atoms with Crippen LogP contribution in [-0.4, -0.2) is 30.0 Å². The molecule has 0 spiro atoms. The van der Waals surface area contributed by atoms with Crippen molar-refractivity contribution in [2.24, 2.45) is 0 Å². The van der Waals surface area contributed by atoms with Gasteiger partial charge in [0.2, 0.25) is 5.91 Å². The third-order valence-electron chi connectivity index (χ3n) is 5.28. The zero-order valence-electron chi connectivity index (χ0n) is 15.0. The average molecular weight is 399 g/mol. The van der Waals surface area contributed by atoms with Crippen molar-refractivity contribution in [2.45, 2.75) is 38.3 Å². The summed E-state index contributed by atoms with van der Waals surface area (Å²) in [4.78, 5) is 18.9. The number of benzene rings is 1. The number of nitrogens with zero attached hydrogens (tertiary/aromatic N) is 1. The highest BCUT2D eigenvalue weighted by Gasteiger charge is 2.26. The van der Waals surface area contributed by atoms with E-state index >= 15 is 0 Å². The van der Waals surface area contributed by atoms with E-state index in [4.69, 9.17) is 4.98 Å². The zero-order valence-corrected chi connectivity index (χ0v) is 16.6. The lowest BCUT2D eigenvalue weighted by Crippen LogP contribution is -2.27. The van der Waals surface area contributed by atoms with E-state index in [0.29, 0.717) is 12.5 Å². The van der Waals surface area contributed by atoms with Crippen molar-refractivity contribution >= 4 is 43.8 Å². The molecule has 0 radical (unpaired) electrons. The first-order valence-corrected chi connectivity index (χ1v) is 11.2. The molecule has 1 fully saturated rings. The maximum atomic E-state index is 12.7. The Balaban J connectivity index is 1.50. The van der Waals surface area contributed by atoms with Crippen LogP contribution in [0.25, 0.3) is 20.8 Å². The molecule has 1 atom stereocenters. The molecule has 2 aromatic heterocycles. The molecule has 0 unspecified atom stereocenters. The molecule has 3 N–H and O–H groups in total. The number of fused-ring (bicyclic) bond motifs is 2. The summed E-state index contributed by atoms with van der Waals surface area (Å²) in [5.74, 6) is 0.100. The third-order valence-corrected chi connectivity index (χ3v) is 7.48. The van der Waals surface area contributed by atoms with E-state index in [1.807, 2.05) is 6.07 Å². The summed E-state index contributed by atoms with van der Waals surface area (Å²) in [6.07, 6.45) is 3.77. The van der Waals surface area contributed by atoms with Gasteiger partial charge in [0.1, 0.15) is 10.0 Å². The van der Waals surface area contributed by atoms with E-state index in [0.717, 1.165) is 60.0 Å². The SMILES string of the molecule is O=C(C[C@H]1CCCN1)Nc1sc2c(c1-c1nc3ccccc3s1)CCNC2. The Labute approximate surface area is 166 Å². The Bertz CT molecular complexity index is 954. The summed E-state index contributed by atoms with van der Waals surface area (Å²) in [5, 5.41) is 12.0. The van der Waals surface area contributed by atoms with Crippen molar-refractivity contribution in [3.63, 3.8) is 0 Å². The van der Waals surface area contributed by atoms with Gasteiger partial charge in [0.05, 0.1) is 10.2 Å². The number of amides is 1. The molecule has 5 rings (SSSR count). The summed E-state index contributed by atoms with van der Waals surface area (Å²) in [6, 6.07) is 8.55. The highest BCUT2D eigenvalue weighted by Crippen LogP contribution is 2.44. The Hall–Kier alpha value is -1.80. The first kappa shape index (κ1) is 17.3. The zero-order chi connectivity index (χ0) is 18.2. The van der Waals surface area contributed by atoms with Crippen LogP contribution < -0.4 is 16.0 Å². The van der Waals surface area contributed by atoms with Gasteiger partial charge in [0, 0.05) is 29.4 Å². The van der Waals surface area contributed by atoms with Crippen molar-refractivity contribution in [3.05, 3.63) is 34.7 Å². The second-order valence-corrected chi connectivity index (χ2v) is 9.30. The van der Waals surface area contributed by atoms with Crippen LogP contribution >= 0.6 is 22.7 Å². The first-order valence-electron chi connectivity index (χ1n) is 9.52.